The van der Waals surface area contributed by atoms with E-state index in [4.69, 9.17) is 9.47 Å². The molecule has 1 saturated carbocycles. The van der Waals surface area contributed by atoms with Gasteiger partial charge in [0.05, 0.1) is 5.92 Å². The maximum atomic E-state index is 12.3. The summed E-state index contributed by atoms with van der Waals surface area (Å²) in [6, 6.07) is 6.16. The number of ether oxygens (including phenoxy) is 2. The van der Waals surface area contributed by atoms with Crippen LogP contribution in [0, 0.1) is 5.92 Å². The fraction of sp³-hybridized carbons (Fsp3) is 0.588. The van der Waals surface area contributed by atoms with Gasteiger partial charge in [-0.2, -0.15) is 0 Å². The fourth-order valence-corrected chi connectivity index (χ4v) is 2.90. The Labute approximate surface area is 125 Å². The van der Waals surface area contributed by atoms with Crippen molar-refractivity contribution in [3.63, 3.8) is 0 Å². The summed E-state index contributed by atoms with van der Waals surface area (Å²) in [5, 5.41) is 3.16. The van der Waals surface area contributed by atoms with Gasteiger partial charge in [0.2, 0.25) is 5.91 Å². The van der Waals surface area contributed by atoms with Gasteiger partial charge in [0.15, 0.2) is 11.5 Å². The van der Waals surface area contributed by atoms with Crippen LogP contribution in [0.4, 0.5) is 0 Å². The molecule has 0 radical (unpaired) electrons. The first-order chi connectivity index (χ1) is 10.2. The van der Waals surface area contributed by atoms with Crippen LogP contribution in [0.2, 0.25) is 0 Å². The highest BCUT2D eigenvalue weighted by Crippen LogP contribution is 2.36. The van der Waals surface area contributed by atoms with Crippen LogP contribution in [0.1, 0.15) is 44.6 Å². The topological polar surface area (TPSA) is 47.6 Å². The summed E-state index contributed by atoms with van der Waals surface area (Å²) >= 11 is 0. The van der Waals surface area contributed by atoms with E-state index in [2.05, 4.69) is 12.2 Å². The Morgan fingerprint density at radius 3 is 2.86 bits per heavy atom. The van der Waals surface area contributed by atoms with Gasteiger partial charge in [-0.1, -0.05) is 19.4 Å². The highest BCUT2D eigenvalue weighted by Gasteiger charge is 2.38. The molecule has 21 heavy (non-hydrogen) atoms. The van der Waals surface area contributed by atoms with Gasteiger partial charge in [-0.15, -0.1) is 0 Å². The standard InChI is InChI=1S/C17H23NO3/c1-3-4-13-9-14(13)18-17(19)11(2)12-5-6-15-16(10-12)21-8-7-20-15/h5-6,10-11,13-14H,3-4,7-9H2,1-2H3,(H,18,19). The first kappa shape index (κ1) is 14.2. The molecule has 1 N–H and O–H groups in total. The summed E-state index contributed by atoms with van der Waals surface area (Å²) in [7, 11) is 0. The lowest BCUT2D eigenvalue weighted by molar-refractivity contribution is -0.122. The predicted octanol–water partition coefficient (Wildman–Crippen LogP) is 2.87. The monoisotopic (exact) mass is 289 g/mol. The molecule has 3 unspecified atom stereocenters. The van der Waals surface area contributed by atoms with Crippen molar-refractivity contribution in [1.29, 1.82) is 0 Å². The Balaban J connectivity index is 1.62. The molecule has 114 valence electrons. The summed E-state index contributed by atoms with van der Waals surface area (Å²) < 4.78 is 11.1. The van der Waals surface area contributed by atoms with Gasteiger partial charge in [0.25, 0.3) is 0 Å². The molecule has 1 aliphatic heterocycles. The Kier molecular flexibility index (Phi) is 4.04. The number of rotatable bonds is 5. The molecule has 1 aliphatic carbocycles. The Morgan fingerprint density at radius 1 is 1.33 bits per heavy atom. The summed E-state index contributed by atoms with van der Waals surface area (Å²) in [5.74, 6) is 2.14. The quantitative estimate of drug-likeness (QED) is 0.906. The molecule has 4 nitrogen and oxygen atoms in total. The van der Waals surface area contributed by atoms with Gasteiger partial charge in [0, 0.05) is 6.04 Å². The van der Waals surface area contributed by atoms with Gasteiger partial charge in [0.1, 0.15) is 13.2 Å². The Morgan fingerprint density at radius 2 is 2.10 bits per heavy atom. The van der Waals surface area contributed by atoms with Crippen LogP contribution in [0.25, 0.3) is 0 Å². The first-order valence-corrected chi connectivity index (χ1v) is 7.89. The van der Waals surface area contributed by atoms with E-state index in [1.165, 1.54) is 12.8 Å². The van der Waals surface area contributed by atoms with Gasteiger partial charge >= 0.3 is 0 Å². The van der Waals surface area contributed by atoms with E-state index in [1.807, 2.05) is 25.1 Å². The first-order valence-electron chi connectivity index (χ1n) is 7.89. The van der Waals surface area contributed by atoms with Crippen molar-refractivity contribution in [2.45, 2.75) is 45.1 Å². The average molecular weight is 289 g/mol. The number of benzene rings is 1. The molecule has 1 aromatic carbocycles. The number of amides is 1. The fourth-order valence-electron chi connectivity index (χ4n) is 2.90. The molecule has 0 bridgehead atoms. The molecule has 0 spiro atoms. The third-order valence-electron chi connectivity index (χ3n) is 4.37. The van der Waals surface area contributed by atoms with Crippen molar-refractivity contribution >= 4 is 5.91 Å². The van der Waals surface area contributed by atoms with E-state index < -0.39 is 0 Å². The molecule has 0 aromatic heterocycles. The predicted molar refractivity (Wildman–Crippen MR) is 80.8 cm³/mol. The number of hydrogen-bond donors (Lipinski definition) is 1. The number of fused-ring (bicyclic) bond motifs is 1. The van der Waals surface area contributed by atoms with Crippen molar-refractivity contribution < 1.29 is 14.3 Å². The minimum atomic E-state index is -0.163. The van der Waals surface area contributed by atoms with E-state index in [0.717, 1.165) is 23.5 Å². The maximum absolute atomic E-state index is 12.3. The van der Waals surface area contributed by atoms with Crippen molar-refractivity contribution in [2.75, 3.05) is 13.2 Å². The molecular weight excluding hydrogens is 266 g/mol. The number of nitrogens with one attached hydrogen (secondary N) is 1. The second-order valence-corrected chi connectivity index (χ2v) is 6.02. The van der Waals surface area contributed by atoms with Crippen LogP contribution in [-0.2, 0) is 4.79 Å². The third kappa shape index (κ3) is 3.14. The van der Waals surface area contributed by atoms with E-state index in [-0.39, 0.29) is 11.8 Å². The minimum absolute atomic E-state index is 0.107. The zero-order valence-electron chi connectivity index (χ0n) is 12.7. The van der Waals surface area contributed by atoms with Crippen LogP contribution in [0.3, 0.4) is 0 Å². The molecule has 1 heterocycles. The molecular formula is C17H23NO3. The van der Waals surface area contributed by atoms with Crippen LogP contribution >= 0.6 is 0 Å². The molecule has 3 rings (SSSR count). The van der Waals surface area contributed by atoms with Gasteiger partial charge in [-0.05, 0) is 43.4 Å². The summed E-state index contributed by atoms with van der Waals surface area (Å²) in [4.78, 5) is 12.3. The smallest absolute Gasteiger partial charge is 0.227 e. The van der Waals surface area contributed by atoms with Crippen molar-refractivity contribution in [1.82, 2.24) is 5.32 Å². The second-order valence-electron chi connectivity index (χ2n) is 6.02. The highest BCUT2D eigenvalue weighted by molar-refractivity contribution is 5.84. The van der Waals surface area contributed by atoms with Gasteiger partial charge in [-0.25, -0.2) is 0 Å². The normalized spacial score (nSPS) is 24.3. The lowest BCUT2D eigenvalue weighted by Gasteiger charge is -2.20. The number of hydrogen-bond acceptors (Lipinski definition) is 3. The van der Waals surface area contributed by atoms with Crippen LogP contribution in [-0.4, -0.2) is 25.2 Å². The third-order valence-corrected chi connectivity index (χ3v) is 4.37. The summed E-state index contributed by atoms with van der Waals surface area (Å²) in [6.07, 6.45) is 3.53. The number of carbonyl (C=O) groups is 1. The minimum Gasteiger partial charge on any atom is -0.486 e. The lowest BCUT2D eigenvalue weighted by Crippen LogP contribution is -2.31. The second kappa shape index (κ2) is 5.96. The van der Waals surface area contributed by atoms with Crippen molar-refractivity contribution in [2.24, 2.45) is 5.92 Å². The molecule has 3 atom stereocenters. The largest absolute Gasteiger partial charge is 0.486 e. The van der Waals surface area contributed by atoms with Gasteiger partial charge < -0.3 is 14.8 Å². The van der Waals surface area contributed by atoms with Crippen LogP contribution in [0.15, 0.2) is 18.2 Å². The van der Waals surface area contributed by atoms with Crippen LogP contribution < -0.4 is 14.8 Å². The summed E-state index contributed by atoms with van der Waals surface area (Å²) in [6.45, 7) is 5.29. The lowest BCUT2D eigenvalue weighted by atomic mass is 9.99. The Hall–Kier alpha value is -1.71. The van der Waals surface area contributed by atoms with E-state index in [9.17, 15) is 4.79 Å². The van der Waals surface area contributed by atoms with Crippen LogP contribution in [0.5, 0.6) is 11.5 Å². The molecule has 2 aliphatic rings. The van der Waals surface area contributed by atoms with Crippen molar-refractivity contribution in [3.05, 3.63) is 23.8 Å². The average Bonchev–Trinajstić information content (AvgIpc) is 3.24. The zero-order valence-corrected chi connectivity index (χ0v) is 12.7. The SMILES string of the molecule is CCCC1CC1NC(=O)C(C)c1ccc2c(c1)OCCO2. The summed E-state index contributed by atoms with van der Waals surface area (Å²) in [5.41, 5.74) is 0.976. The molecule has 1 fully saturated rings. The van der Waals surface area contributed by atoms with Crippen molar-refractivity contribution in [3.8, 4) is 11.5 Å². The van der Waals surface area contributed by atoms with E-state index in [0.29, 0.717) is 25.2 Å². The molecule has 1 amide bonds. The molecule has 0 saturated heterocycles. The van der Waals surface area contributed by atoms with Gasteiger partial charge in [-0.3, -0.25) is 4.79 Å². The van der Waals surface area contributed by atoms with E-state index >= 15 is 0 Å². The Bertz CT molecular complexity index is 529. The number of carbonyl (C=O) groups excluding carboxylic acids is 1. The highest BCUT2D eigenvalue weighted by atomic mass is 16.6. The zero-order chi connectivity index (χ0) is 14.8. The molecule has 1 aromatic rings. The van der Waals surface area contributed by atoms with E-state index in [1.54, 1.807) is 0 Å². The maximum Gasteiger partial charge on any atom is 0.227 e. The molecule has 4 heteroatoms.